The van der Waals surface area contributed by atoms with Crippen molar-refractivity contribution in [1.82, 2.24) is 19.7 Å². The highest BCUT2D eigenvalue weighted by Crippen LogP contribution is 2.24. The topological polar surface area (TPSA) is 52.8 Å². The smallest absolute Gasteiger partial charge is 0.240 e. The number of hydrogen-bond acceptors (Lipinski definition) is 5. The number of hydrogen-bond donors (Lipinski definition) is 0. The molecule has 3 heterocycles. The average Bonchev–Trinajstić information content (AvgIpc) is 2.97. The summed E-state index contributed by atoms with van der Waals surface area (Å²) >= 11 is 0. The maximum atomic E-state index is 12.8. The van der Waals surface area contributed by atoms with Gasteiger partial charge in [-0.2, -0.15) is 0 Å². The van der Waals surface area contributed by atoms with Crippen LogP contribution < -0.4 is 0 Å². The molecule has 128 valence electrons. The third-order valence-electron chi connectivity index (χ3n) is 4.99. The molecule has 1 fully saturated rings. The number of carbonyl (C=O) groups excluding carboxylic acids is 1. The molecular weight excluding hydrogens is 292 g/mol. The predicted octanol–water partition coefficient (Wildman–Crippen LogP) is 1.32. The number of rotatable bonds is 3. The molecule has 0 aromatic carbocycles. The van der Waals surface area contributed by atoms with Crippen LogP contribution in [-0.2, 0) is 17.8 Å². The Morgan fingerprint density at radius 3 is 2.48 bits per heavy atom. The number of fused-ring (bicyclic) bond motifs is 1. The first-order valence-electron chi connectivity index (χ1n) is 8.65. The molecule has 0 saturated carbocycles. The molecular formula is C17H28N4O2. The molecule has 3 rings (SSSR count). The lowest BCUT2D eigenvalue weighted by atomic mass is 10.1. The number of aromatic nitrogens is 1. The van der Waals surface area contributed by atoms with Crippen molar-refractivity contribution in [2.45, 2.75) is 45.7 Å². The highest BCUT2D eigenvalue weighted by Gasteiger charge is 2.31. The third-order valence-corrected chi connectivity index (χ3v) is 4.99. The fraction of sp³-hybridized carbons (Fsp3) is 0.765. The van der Waals surface area contributed by atoms with Gasteiger partial charge in [-0.3, -0.25) is 9.69 Å². The Morgan fingerprint density at radius 2 is 1.83 bits per heavy atom. The quantitative estimate of drug-likeness (QED) is 0.841. The van der Waals surface area contributed by atoms with Gasteiger partial charge >= 0.3 is 0 Å². The van der Waals surface area contributed by atoms with Gasteiger partial charge in [-0.1, -0.05) is 13.8 Å². The van der Waals surface area contributed by atoms with Crippen LogP contribution in [0.2, 0.25) is 0 Å². The summed E-state index contributed by atoms with van der Waals surface area (Å²) in [6.45, 7) is 11.5. The van der Waals surface area contributed by atoms with E-state index >= 15 is 0 Å². The number of oxazole rings is 1. The van der Waals surface area contributed by atoms with E-state index in [1.54, 1.807) is 0 Å². The van der Waals surface area contributed by atoms with Gasteiger partial charge in [0.25, 0.3) is 0 Å². The lowest BCUT2D eigenvalue weighted by Crippen LogP contribution is -2.54. The number of likely N-dealkylation sites (N-methyl/N-ethyl adjacent to an activating group) is 1. The van der Waals surface area contributed by atoms with Crippen molar-refractivity contribution in [3.05, 3.63) is 17.3 Å². The second kappa shape index (κ2) is 6.61. The Bertz CT molecular complexity index is 561. The standard InChI is InChI=1S/C17H28N4O2/c1-12(2)16-18-14-11-21(6-5-15(14)23-16)17(22)13(3)20-9-7-19(4)8-10-20/h12-13H,5-11H2,1-4H3. The molecule has 0 spiro atoms. The number of nitrogens with zero attached hydrogens (tertiary/aromatic N) is 4. The summed E-state index contributed by atoms with van der Waals surface area (Å²) in [7, 11) is 2.13. The van der Waals surface area contributed by atoms with E-state index in [1.807, 2.05) is 11.8 Å². The van der Waals surface area contributed by atoms with E-state index in [0.29, 0.717) is 6.54 Å². The molecule has 0 aliphatic carbocycles. The van der Waals surface area contributed by atoms with Crippen LogP contribution in [0.4, 0.5) is 0 Å². The second-order valence-electron chi connectivity index (χ2n) is 7.10. The molecule has 1 saturated heterocycles. The van der Waals surface area contributed by atoms with Crippen molar-refractivity contribution >= 4 is 5.91 Å². The molecule has 1 atom stereocenters. The van der Waals surface area contributed by atoms with Gasteiger partial charge in [-0.15, -0.1) is 0 Å². The molecule has 6 heteroatoms. The molecule has 2 aliphatic heterocycles. The van der Waals surface area contributed by atoms with Crippen LogP contribution in [0, 0.1) is 0 Å². The average molecular weight is 320 g/mol. The number of piperazine rings is 1. The molecule has 1 aromatic heterocycles. The van der Waals surface area contributed by atoms with Gasteiger partial charge in [0.15, 0.2) is 5.89 Å². The van der Waals surface area contributed by atoms with Crippen molar-refractivity contribution in [1.29, 1.82) is 0 Å². The molecule has 1 amide bonds. The fourth-order valence-electron chi connectivity index (χ4n) is 3.28. The first-order chi connectivity index (χ1) is 11.0. The van der Waals surface area contributed by atoms with Crippen LogP contribution in [0.15, 0.2) is 4.42 Å². The van der Waals surface area contributed by atoms with E-state index in [-0.39, 0.29) is 17.9 Å². The summed E-state index contributed by atoms with van der Waals surface area (Å²) in [5.41, 5.74) is 0.943. The Morgan fingerprint density at radius 1 is 1.13 bits per heavy atom. The van der Waals surface area contributed by atoms with Gasteiger partial charge in [0.2, 0.25) is 5.91 Å². The van der Waals surface area contributed by atoms with Gasteiger partial charge < -0.3 is 14.2 Å². The minimum atomic E-state index is -0.0540. The first-order valence-corrected chi connectivity index (χ1v) is 8.65. The van der Waals surface area contributed by atoms with Crippen LogP contribution >= 0.6 is 0 Å². The van der Waals surface area contributed by atoms with Crippen LogP contribution in [0.3, 0.4) is 0 Å². The van der Waals surface area contributed by atoms with Crippen LogP contribution in [0.1, 0.15) is 44.0 Å². The summed E-state index contributed by atoms with van der Waals surface area (Å²) in [6, 6.07) is -0.0540. The molecule has 6 nitrogen and oxygen atoms in total. The van der Waals surface area contributed by atoms with Gasteiger partial charge in [-0.05, 0) is 14.0 Å². The predicted molar refractivity (Wildman–Crippen MR) is 88.2 cm³/mol. The fourth-order valence-corrected chi connectivity index (χ4v) is 3.28. The monoisotopic (exact) mass is 320 g/mol. The zero-order valence-electron chi connectivity index (χ0n) is 14.7. The second-order valence-corrected chi connectivity index (χ2v) is 7.10. The Hall–Kier alpha value is -1.40. The highest BCUT2D eigenvalue weighted by molar-refractivity contribution is 5.81. The normalized spacial score (nSPS) is 21.5. The Balaban J connectivity index is 1.64. The molecule has 0 radical (unpaired) electrons. The zero-order chi connectivity index (χ0) is 16.6. The molecule has 0 N–H and O–H groups in total. The van der Waals surface area contributed by atoms with Crippen LogP contribution in [0.25, 0.3) is 0 Å². The van der Waals surface area contributed by atoms with E-state index in [0.717, 1.165) is 56.5 Å². The van der Waals surface area contributed by atoms with Crippen molar-refractivity contribution in [2.24, 2.45) is 0 Å². The summed E-state index contributed by atoms with van der Waals surface area (Å²) in [6.07, 6.45) is 0.774. The van der Waals surface area contributed by atoms with Crippen molar-refractivity contribution in [3.8, 4) is 0 Å². The van der Waals surface area contributed by atoms with Gasteiger partial charge in [0.1, 0.15) is 11.5 Å². The molecule has 0 bridgehead atoms. The van der Waals surface area contributed by atoms with Gasteiger partial charge in [0, 0.05) is 45.1 Å². The number of amides is 1. The van der Waals surface area contributed by atoms with E-state index in [2.05, 4.69) is 35.7 Å². The molecule has 2 aliphatic rings. The summed E-state index contributed by atoms with van der Waals surface area (Å²) < 4.78 is 5.82. The third kappa shape index (κ3) is 3.43. The minimum Gasteiger partial charge on any atom is -0.445 e. The molecule has 23 heavy (non-hydrogen) atoms. The molecule has 1 aromatic rings. The maximum absolute atomic E-state index is 12.8. The Kier molecular flexibility index (Phi) is 4.73. The summed E-state index contributed by atoms with van der Waals surface area (Å²) in [4.78, 5) is 24.0. The van der Waals surface area contributed by atoms with E-state index in [9.17, 15) is 4.79 Å². The van der Waals surface area contributed by atoms with Crippen molar-refractivity contribution in [3.63, 3.8) is 0 Å². The van der Waals surface area contributed by atoms with Crippen molar-refractivity contribution < 1.29 is 9.21 Å². The lowest BCUT2D eigenvalue weighted by Gasteiger charge is -2.38. The highest BCUT2D eigenvalue weighted by atomic mass is 16.4. The van der Waals surface area contributed by atoms with Gasteiger partial charge in [-0.25, -0.2) is 4.98 Å². The lowest BCUT2D eigenvalue weighted by molar-refractivity contribution is -0.138. The van der Waals surface area contributed by atoms with Crippen molar-refractivity contribution in [2.75, 3.05) is 39.8 Å². The summed E-state index contributed by atoms with van der Waals surface area (Å²) in [5, 5.41) is 0. The van der Waals surface area contributed by atoms with E-state index < -0.39 is 0 Å². The van der Waals surface area contributed by atoms with Crippen LogP contribution in [-0.4, -0.2) is 71.4 Å². The first kappa shape index (κ1) is 16.5. The van der Waals surface area contributed by atoms with E-state index in [4.69, 9.17) is 4.42 Å². The Labute approximate surface area is 138 Å². The van der Waals surface area contributed by atoms with Gasteiger partial charge in [0.05, 0.1) is 12.6 Å². The van der Waals surface area contributed by atoms with E-state index in [1.165, 1.54) is 0 Å². The SMILES string of the molecule is CC(C)c1nc2c(o1)CCN(C(=O)C(C)N1CCN(C)CC1)C2. The number of carbonyl (C=O) groups is 1. The largest absolute Gasteiger partial charge is 0.445 e. The van der Waals surface area contributed by atoms with Crippen LogP contribution in [0.5, 0.6) is 0 Å². The zero-order valence-corrected chi connectivity index (χ0v) is 14.7. The summed E-state index contributed by atoms with van der Waals surface area (Å²) in [5.74, 6) is 2.25. The molecule has 1 unspecified atom stereocenters. The minimum absolute atomic E-state index is 0.0540. The maximum Gasteiger partial charge on any atom is 0.240 e.